The van der Waals surface area contributed by atoms with Crippen molar-refractivity contribution in [3.63, 3.8) is 0 Å². The van der Waals surface area contributed by atoms with E-state index in [1.165, 1.54) is 10.9 Å². The van der Waals surface area contributed by atoms with Crippen LogP contribution in [0.2, 0.25) is 5.28 Å². The highest BCUT2D eigenvalue weighted by atomic mass is 35.5. The molecule has 4 heteroatoms. The molecule has 0 spiro atoms. The van der Waals surface area contributed by atoms with Crippen LogP contribution in [0, 0.1) is 6.92 Å². The molecule has 3 nitrogen and oxygen atoms in total. The molecule has 90 valence electrons. The molecule has 0 unspecified atom stereocenters. The summed E-state index contributed by atoms with van der Waals surface area (Å²) in [5, 5.41) is 1.46. The lowest BCUT2D eigenvalue weighted by Gasteiger charge is -2.03. The Labute approximate surface area is 110 Å². The van der Waals surface area contributed by atoms with Crippen LogP contribution in [0.3, 0.4) is 0 Å². The number of hydrogen-bond acceptors (Lipinski definition) is 2. The molecular formula is C14H12ClN3. The Balaban J connectivity index is 2.35. The first-order valence-electron chi connectivity index (χ1n) is 5.70. The molecule has 0 aliphatic carbocycles. The lowest BCUT2D eigenvalue weighted by molar-refractivity contribution is 0.968. The summed E-state index contributed by atoms with van der Waals surface area (Å²) in [7, 11) is 2.03. The second-order valence-corrected chi connectivity index (χ2v) is 4.68. The molecule has 0 saturated heterocycles. The van der Waals surface area contributed by atoms with Gasteiger partial charge >= 0.3 is 0 Å². The lowest BCUT2D eigenvalue weighted by atomic mass is 10.1. The van der Waals surface area contributed by atoms with Crippen molar-refractivity contribution in [1.29, 1.82) is 0 Å². The van der Waals surface area contributed by atoms with Gasteiger partial charge in [0.25, 0.3) is 0 Å². The topological polar surface area (TPSA) is 30.7 Å². The molecule has 0 aliphatic rings. The van der Waals surface area contributed by atoms with Crippen LogP contribution in [0.4, 0.5) is 0 Å². The lowest BCUT2D eigenvalue weighted by Crippen LogP contribution is -1.91. The number of benzene rings is 1. The Kier molecular flexibility index (Phi) is 2.56. The van der Waals surface area contributed by atoms with Crippen LogP contribution in [-0.2, 0) is 7.05 Å². The number of aryl methyl sites for hydroxylation is 2. The smallest absolute Gasteiger partial charge is 0.222 e. The normalized spacial score (nSPS) is 11.1. The number of fused-ring (bicyclic) bond motifs is 1. The molecule has 3 aromatic rings. The highest BCUT2D eigenvalue weighted by Crippen LogP contribution is 2.30. The van der Waals surface area contributed by atoms with E-state index in [0.29, 0.717) is 0 Å². The van der Waals surface area contributed by atoms with Gasteiger partial charge in [-0.2, -0.15) is 0 Å². The third-order valence-electron chi connectivity index (χ3n) is 3.09. The first kappa shape index (κ1) is 11.2. The Hall–Kier alpha value is -1.87. The van der Waals surface area contributed by atoms with Crippen LogP contribution in [-0.4, -0.2) is 14.5 Å². The summed E-state index contributed by atoms with van der Waals surface area (Å²) in [6, 6.07) is 8.26. The Morgan fingerprint density at radius 2 is 2.00 bits per heavy atom. The molecule has 3 rings (SSSR count). The minimum Gasteiger partial charge on any atom is -0.350 e. The van der Waals surface area contributed by atoms with Crippen molar-refractivity contribution in [2.45, 2.75) is 6.92 Å². The van der Waals surface area contributed by atoms with Gasteiger partial charge in [-0.3, -0.25) is 0 Å². The van der Waals surface area contributed by atoms with Gasteiger partial charge in [0.1, 0.15) is 0 Å². The number of rotatable bonds is 1. The molecular weight excluding hydrogens is 246 g/mol. The van der Waals surface area contributed by atoms with E-state index in [2.05, 4.69) is 32.9 Å². The zero-order valence-corrected chi connectivity index (χ0v) is 10.9. The second kappa shape index (κ2) is 4.10. The zero-order chi connectivity index (χ0) is 12.7. The molecule has 0 atom stereocenters. The average Bonchev–Trinajstić information content (AvgIpc) is 2.71. The summed E-state index contributed by atoms with van der Waals surface area (Å²) < 4.78 is 2.10. The number of nitrogens with zero attached hydrogens (tertiary/aromatic N) is 3. The van der Waals surface area contributed by atoms with Crippen molar-refractivity contribution < 1.29 is 0 Å². The first-order valence-corrected chi connectivity index (χ1v) is 6.08. The molecule has 0 saturated carbocycles. The first-order chi connectivity index (χ1) is 8.66. The fraction of sp³-hybridized carbons (Fsp3) is 0.143. The van der Waals surface area contributed by atoms with Crippen molar-refractivity contribution in [1.82, 2.24) is 14.5 Å². The number of hydrogen-bond donors (Lipinski definition) is 0. The van der Waals surface area contributed by atoms with Gasteiger partial charge in [-0.25, -0.2) is 9.97 Å². The largest absolute Gasteiger partial charge is 0.350 e. The molecule has 18 heavy (non-hydrogen) atoms. The highest BCUT2D eigenvalue weighted by Gasteiger charge is 2.12. The van der Waals surface area contributed by atoms with Crippen molar-refractivity contribution in [3.05, 3.63) is 47.5 Å². The number of aromatic nitrogens is 3. The molecule has 1 aromatic carbocycles. The second-order valence-electron chi connectivity index (χ2n) is 4.34. The Morgan fingerprint density at radius 3 is 2.83 bits per heavy atom. The molecule has 0 N–H and O–H groups in total. The van der Waals surface area contributed by atoms with E-state index in [-0.39, 0.29) is 5.28 Å². The maximum absolute atomic E-state index is 5.90. The minimum absolute atomic E-state index is 0.281. The van der Waals surface area contributed by atoms with E-state index in [4.69, 9.17) is 11.6 Å². The summed E-state index contributed by atoms with van der Waals surface area (Å²) in [5.41, 5.74) is 4.19. The molecule has 0 bridgehead atoms. The summed E-state index contributed by atoms with van der Waals surface area (Å²) >= 11 is 5.90. The van der Waals surface area contributed by atoms with Gasteiger partial charge in [0.2, 0.25) is 5.28 Å². The quantitative estimate of drug-likeness (QED) is 0.624. The van der Waals surface area contributed by atoms with E-state index >= 15 is 0 Å². The van der Waals surface area contributed by atoms with Crippen LogP contribution in [0.15, 0.2) is 36.7 Å². The number of para-hydroxylation sites is 1. The van der Waals surface area contributed by atoms with E-state index in [9.17, 15) is 0 Å². The SMILES string of the molecule is Cc1cnc(Cl)nc1-c1cn(C)c2ccccc12. The maximum Gasteiger partial charge on any atom is 0.222 e. The monoisotopic (exact) mass is 257 g/mol. The van der Waals surface area contributed by atoms with Crippen LogP contribution in [0.25, 0.3) is 22.2 Å². The van der Waals surface area contributed by atoms with E-state index in [1.807, 2.05) is 26.1 Å². The van der Waals surface area contributed by atoms with Crippen LogP contribution < -0.4 is 0 Å². The predicted molar refractivity (Wildman–Crippen MR) is 73.7 cm³/mol. The van der Waals surface area contributed by atoms with Gasteiger partial charge in [-0.05, 0) is 30.2 Å². The molecule has 0 fully saturated rings. The highest BCUT2D eigenvalue weighted by molar-refractivity contribution is 6.28. The Bertz CT molecular complexity index is 731. The molecule has 0 aliphatic heterocycles. The third kappa shape index (κ3) is 1.68. The average molecular weight is 258 g/mol. The van der Waals surface area contributed by atoms with E-state index in [0.717, 1.165) is 16.8 Å². The van der Waals surface area contributed by atoms with Crippen LogP contribution in [0.5, 0.6) is 0 Å². The summed E-state index contributed by atoms with van der Waals surface area (Å²) in [4.78, 5) is 8.35. The van der Waals surface area contributed by atoms with E-state index < -0.39 is 0 Å². The van der Waals surface area contributed by atoms with Crippen molar-refractivity contribution in [2.24, 2.45) is 7.05 Å². The van der Waals surface area contributed by atoms with Gasteiger partial charge in [0.05, 0.1) is 5.69 Å². The molecule has 0 amide bonds. The molecule has 2 heterocycles. The van der Waals surface area contributed by atoms with Gasteiger partial charge in [-0.15, -0.1) is 0 Å². The van der Waals surface area contributed by atoms with E-state index in [1.54, 1.807) is 6.20 Å². The Morgan fingerprint density at radius 1 is 1.22 bits per heavy atom. The maximum atomic E-state index is 5.90. The fourth-order valence-corrected chi connectivity index (χ4v) is 2.36. The minimum atomic E-state index is 0.281. The van der Waals surface area contributed by atoms with Crippen LogP contribution >= 0.6 is 11.6 Å². The summed E-state index contributed by atoms with van der Waals surface area (Å²) in [6.45, 7) is 1.99. The van der Waals surface area contributed by atoms with Gasteiger partial charge in [0, 0.05) is 35.9 Å². The predicted octanol–water partition coefficient (Wildman–Crippen LogP) is 3.60. The fourth-order valence-electron chi connectivity index (χ4n) is 2.22. The van der Waals surface area contributed by atoms with Gasteiger partial charge < -0.3 is 4.57 Å². The van der Waals surface area contributed by atoms with Gasteiger partial charge in [-0.1, -0.05) is 18.2 Å². The number of halogens is 1. The molecule has 2 aromatic heterocycles. The standard InChI is InChI=1S/C14H12ClN3/c1-9-7-16-14(15)17-13(9)11-8-18(2)12-6-4-3-5-10(11)12/h3-8H,1-2H3. The van der Waals surface area contributed by atoms with Crippen molar-refractivity contribution >= 4 is 22.5 Å². The molecule has 0 radical (unpaired) electrons. The summed E-state index contributed by atoms with van der Waals surface area (Å²) in [5.74, 6) is 0. The van der Waals surface area contributed by atoms with Crippen molar-refractivity contribution in [2.75, 3.05) is 0 Å². The van der Waals surface area contributed by atoms with Gasteiger partial charge in [0.15, 0.2) is 0 Å². The van der Waals surface area contributed by atoms with Crippen molar-refractivity contribution in [3.8, 4) is 11.3 Å². The third-order valence-corrected chi connectivity index (χ3v) is 3.28. The summed E-state index contributed by atoms with van der Waals surface area (Å²) in [6.07, 6.45) is 3.84. The van der Waals surface area contributed by atoms with Crippen LogP contribution in [0.1, 0.15) is 5.56 Å². The zero-order valence-electron chi connectivity index (χ0n) is 10.2.